The standard InChI is InChI=1S/C20H24FN5O/c1-12-5-13(2)24-20(23-12)26-10-15-8-25(9-16(15)11-26)19(27)18-6-17(21)4-3-14(18)7-22/h3-6,15-16H,7-11,22H2,1-2H3. The Morgan fingerprint density at radius 2 is 1.74 bits per heavy atom. The van der Waals surface area contributed by atoms with Gasteiger partial charge in [-0.1, -0.05) is 6.07 Å². The molecule has 6 nitrogen and oxygen atoms in total. The number of nitrogens with zero attached hydrogens (tertiary/aromatic N) is 4. The third-order valence-corrected chi connectivity index (χ3v) is 5.55. The van der Waals surface area contributed by atoms with Crippen molar-refractivity contribution >= 4 is 11.9 Å². The lowest BCUT2D eigenvalue weighted by molar-refractivity contribution is 0.0781. The van der Waals surface area contributed by atoms with Gasteiger partial charge in [0.05, 0.1) is 0 Å². The summed E-state index contributed by atoms with van der Waals surface area (Å²) in [6, 6.07) is 6.21. The molecule has 0 saturated carbocycles. The number of halogens is 1. The molecule has 142 valence electrons. The predicted octanol–water partition coefficient (Wildman–Crippen LogP) is 1.90. The molecule has 3 heterocycles. The molecule has 0 spiro atoms. The molecule has 2 N–H and O–H groups in total. The van der Waals surface area contributed by atoms with Crippen molar-refractivity contribution in [2.45, 2.75) is 20.4 Å². The molecule has 0 bridgehead atoms. The quantitative estimate of drug-likeness (QED) is 0.894. The molecule has 2 saturated heterocycles. The molecule has 0 radical (unpaired) electrons. The number of hydrogen-bond acceptors (Lipinski definition) is 5. The number of carbonyl (C=O) groups is 1. The molecule has 2 atom stereocenters. The summed E-state index contributed by atoms with van der Waals surface area (Å²) in [4.78, 5) is 26.1. The zero-order chi connectivity index (χ0) is 19.1. The van der Waals surface area contributed by atoms with Crippen molar-refractivity contribution < 1.29 is 9.18 Å². The van der Waals surface area contributed by atoms with Gasteiger partial charge in [-0.05, 0) is 37.6 Å². The lowest BCUT2D eigenvalue weighted by atomic mass is 10.0. The molecule has 0 aliphatic carbocycles. The van der Waals surface area contributed by atoms with Crippen molar-refractivity contribution in [1.82, 2.24) is 14.9 Å². The summed E-state index contributed by atoms with van der Waals surface area (Å²) in [5, 5.41) is 0. The maximum Gasteiger partial charge on any atom is 0.254 e. The Hall–Kier alpha value is -2.54. The minimum Gasteiger partial charge on any atom is -0.340 e. The Kier molecular flexibility index (Phi) is 4.55. The van der Waals surface area contributed by atoms with E-state index in [0.29, 0.717) is 36.1 Å². The van der Waals surface area contributed by atoms with Crippen LogP contribution in [0.3, 0.4) is 0 Å². The van der Waals surface area contributed by atoms with Gasteiger partial charge in [0.15, 0.2) is 0 Å². The van der Waals surface area contributed by atoms with E-state index in [1.807, 2.05) is 24.8 Å². The van der Waals surface area contributed by atoms with Crippen LogP contribution in [0.15, 0.2) is 24.3 Å². The van der Waals surface area contributed by atoms with Crippen LogP contribution < -0.4 is 10.6 Å². The van der Waals surface area contributed by atoms with Crippen molar-refractivity contribution in [3.8, 4) is 0 Å². The van der Waals surface area contributed by atoms with E-state index >= 15 is 0 Å². The van der Waals surface area contributed by atoms with E-state index in [1.165, 1.54) is 12.1 Å². The highest BCUT2D eigenvalue weighted by molar-refractivity contribution is 5.96. The maximum absolute atomic E-state index is 13.6. The number of anilines is 1. The smallest absolute Gasteiger partial charge is 0.254 e. The Morgan fingerprint density at radius 3 is 2.33 bits per heavy atom. The maximum atomic E-state index is 13.6. The number of benzene rings is 1. The van der Waals surface area contributed by atoms with Gasteiger partial charge < -0.3 is 15.5 Å². The topological polar surface area (TPSA) is 75.4 Å². The summed E-state index contributed by atoms with van der Waals surface area (Å²) in [7, 11) is 0. The molecule has 1 aromatic heterocycles. The Labute approximate surface area is 158 Å². The first kappa shape index (κ1) is 17.9. The third-order valence-electron chi connectivity index (χ3n) is 5.55. The summed E-state index contributed by atoms with van der Waals surface area (Å²) in [6.45, 7) is 7.19. The second-order valence-corrected chi connectivity index (χ2v) is 7.59. The van der Waals surface area contributed by atoms with Crippen LogP contribution in [0.2, 0.25) is 0 Å². The van der Waals surface area contributed by atoms with Crippen LogP contribution in [0.4, 0.5) is 10.3 Å². The van der Waals surface area contributed by atoms with Crippen molar-refractivity contribution in [2.24, 2.45) is 17.6 Å². The van der Waals surface area contributed by atoms with E-state index in [1.54, 1.807) is 6.07 Å². The van der Waals surface area contributed by atoms with Gasteiger partial charge in [-0.15, -0.1) is 0 Å². The number of fused-ring (bicyclic) bond motifs is 1. The van der Waals surface area contributed by atoms with Gasteiger partial charge >= 0.3 is 0 Å². The number of amides is 1. The Bertz CT molecular complexity index is 852. The van der Waals surface area contributed by atoms with Gasteiger partial charge in [-0.25, -0.2) is 14.4 Å². The van der Waals surface area contributed by atoms with Crippen molar-refractivity contribution in [2.75, 3.05) is 31.1 Å². The molecule has 2 unspecified atom stereocenters. The molecule has 27 heavy (non-hydrogen) atoms. The highest BCUT2D eigenvalue weighted by Crippen LogP contribution is 2.34. The van der Waals surface area contributed by atoms with Crippen molar-refractivity contribution in [1.29, 1.82) is 0 Å². The molecule has 1 amide bonds. The lowest BCUT2D eigenvalue weighted by Gasteiger charge is -2.23. The van der Waals surface area contributed by atoms with Crippen LogP contribution in [-0.2, 0) is 6.54 Å². The van der Waals surface area contributed by atoms with E-state index in [9.17, 15) is 9.18 Å². The van der Waals surface area contributed by atoms with Gasteiger partial charge in [0.25, 0.3) is 5.91 Å². The summed E-state index contributed by atoms with van der Waals surface area (Å²) in [5.74, 6) is 1.00. The van der Waals surface area contributed by atoms with Crippen LogP contribution in [0.25, 0.3) is 0 Å². The minimum absolute atomic E-state index is 0.126. The monoisotopic (exact) mass is 369 g/mol. The first-order valence-electron chi connectivity index (χ1n) is 9.29. The summed E-state index contributed by atoms with van der Waals surface area (Å²) in [6.07, 6.45) is 0. The number of rotatable bonds is 3. The van der Waals surface area contributed by atoms with E-state index in [4.69, 9.17) is 5.73 Å². The molecule has 1 aromatic carbocycles. The van der Waals surface area contributed by atoms with Gasteiger partial charge in [0.1, 0.15) is 5.82 Å². The van der Waals surface area contributed by atoms with Crippen LogP contribution in [0.5, 0.6) is 0 Å². The number of aromatic nitrogens is 2. The number of carbonyl (C=O) groups excluding carboxylic acids is 1. The average Bonchev–Trinajstić information content (AvgIpc) is 3.19. The zero-order valence-corrected chi connectivity index (χ0v) is 15.7. The Morgan fingerprint density at radius 1 is 1.11 bits per heavy atom. The third kappa shape index (κ3) is 3.39. The summed E-state index contributed by atoms with van der Waals surface area (Å²) < 4.78 is 13.6. The van der Waals surface area contributed by atoms with Gasteiger partial charge in [-0.3, -0.25) is 4.79 Å². The molecule has 2 fully saturated rings. The van der Waals surface area contributed by atoms with Crippen LogP contribution in [-0.4, -0.2) is 47.0 Å². The van der Waals surface area contributed by atoms with E-state index in [2.05, 4.69) is 14.9 Å². The molecular formula is C20H24FN5O. The van der Waals surface area contributed by atoms with E-state index in [0.717, 1.165) is 30.4 Å². The molecule has 2 aliphatic heterocycles. The fourth-order valence-electron chi connectivity index (χ4n) is 4.27. The number of nitrogens with two attached hydrogens (primary N) is 1. The Balaban J connectivity index is 1.47. The minimum atomic E-state index is -0.409. The van der Waals surface area contributed by atoms with Gasteiger partial charge in [-0.2, -0.15) is 0 Å². The summed E-state index contributed by atoms with van der Waals surface area (Å²) >= 11 is 0. The normalized spacial score (nSPS) is 21.6. The second kappa shape index (κ2) is 6.88. The molecular weight excluding hydrogens is 345 g/mol. The highest BCUT2D eigenvalue weighted by Gasteiger charge is 2.42. The SMILES string of the molecule is Cc1cc(C)nc(N2CC3CN(C(=O)c4cc(F)ccc4CN)CC3C2)n1. The lowest BCUT2D eigenvalue weighted by Crippen LogP contribution is -2.34. The molecule has 2 aromatic rings. The van der Waals surface area contributed by atoms with Gasteiger partial charge in [0, 0.05) is 61.5 Å². The van der Waals surface area contributed by atoms with E-state index in [-0.39, 0.29) is 12.5 Å². The fourth-order valence-corrected chi connectivity index (χ4v) is 4.27. The molecule has 2 aliphatic rings. The number of hydrogen-bond donors (Lipinski definition) is 1. The second-order valence-electron chi connectivity index (χ2n) is 7.59. The average molecular weight is 369 g/mol. The largest absolute Gasteiger partial charge is 0.340 e. The molecule has 4 rings (SSSR count). The number of likely N-dealkylation sites (tertiary alicyclic amines) is 1. The van der Waals surface area contributed by atoms with Crippen LogP contribution >= 0.6 is 0 Å². The van der Waals surface area contributed by atoms with Crippen LogP contribution in [0.1, 0.15) is 27.3 Å². The number of aryl methyl sites for hydroxylation is 2. The van der Waals surface area contributed by atoms with Gasteiger partial charge in [0.2, 0.25) is 5.95 Å². The molecule has 7 heteroatoms. The zero-order valence-electron chi connectivity index (χ0n) is 15.7. The van der Waals surface area contributed by atoms with Crippen molar-refractivity contribution in [3.05, 3.63) is 52.6 Å². The first-order chi connectivity index (χ1) is 12.9. The van der Waals surface area contributed by atoms with Crippen molar-refractivity contribution in [3.63, 3.8) is 0 Å². The van der Waals surface area contributed by atoms with E-state index < -0.39 is 5.82 Å². The van der Waals surface area contributed by atoms with Crippen LogP contribution in [0, 0.1) is 31.5 Å². The predicted molar refractivity (Wildman–Crippen MR) is 101 cm³/mol. The summed E-state index contributed by atoms with van der Waals surface area (Å²) in [5.41, 5.74) is 8.72. The highest BCUT2D eigenvalue weighted by atomic mass is 19.1. The fraction of sp³-hybridized carbons (Fsp3) is 0.450. The first-order valence-corrected chi connectivity index (χ1v) is 9.29.